The van der Waals surface area contributed by atoms with E-state index in [-0.39, 0.29) is 10.9 Å². The number of rotatable bonds is 1. The van der Waals surface area contributed by atoms with E-state index in [4.69, 9.17) is 0 Å². The highest BCUT2D eigenvalue weighted by molar-refractivity contribution is 8.15. The van der Waals surface area contributed by atoms with Crippen LogP contribution in [0.4, 0.5) is 23.7 Å². The van der Waals surface area contributed by atoms with Crippen molar-refractivity contribution >= 4 is 28.6 Å². The third-order valence-electron chi connectivity index (χ3n) is 2.83. The molecule has 0 bridgehead atoms. The lowest BCUT2D eigenvalue weighted by Crippen LogP contribution is -2.41. The minimum Gasteiger partial charge on any atom is -0.340 e. The number of hydrogen-bond donors (Lipinski definition) is 1. The number of hydrogen-bond acceptors (Lipinski definition) is 3. The molecule has 0 fully saturated rings. The number of carbonyl (C=O) groups is 1. The summed E-state index contributed by atoms with van der Waals surface area (Å²) in [6.45, 7) is 2.47. The molecular weight excluding hydrogens is 303 g/mol. The number of amides is 2. The number of alkyl halides is 3. The highest BCUT2D eigenvalue weighted by Crippen LogP contribution is 2.33. The van der Waals surface area contributed by atoms with Crippen molar-refractivity contribution in [2.24, 2.45) is 4.99 Å². The van der Waals surface area contributed by atoms with E-state index in [1.807, 2.05) is 6.92 Å². The molecule has 1 aliphatic rings. The van der Waals surface area contributed by atoms with Crippen molar-refractivity contribution in [2.45, 2.75) is 18.3 Å². The second-order valence-corrected chi connectivity index (χ2v) is 5.90. The largest absolute Gasteiger partial charge is 0.416 e. The van der Waals surface area contributed by atoms with Gasteiger partial charge in [-0.1, -0.05) is 24.8 Å². The highest BCUT2D eigenvalue weighted by Gasteiger charge is 2.32. The summed E-state index contributed by atoms with van der Waals surface area (Å²) in [5.41, 5.74) is -0.657. The lowest BCUT2D eigenvalue weighted by atomic mass is 10.2. The zero-order chi connectivity index (χ0) is 15.6. The molecule has 1 N–H and O–H groups in total. The first-order chi connectivity index (χ1) is 9.82. The molecular formula is C13H14F3N3OS. The van der Waals surface area contributed by atoms with E-state index < -0.39 is 17.8 Å². The van der Waals surface area contributed by atoms with Crippen LogP contribution in [0.5, 0.6) is 0 Å². The molecule has 2 amide bonds. The number of nitrogens with one attached hydrogen (secondary N) is 1. The summed E-state index contributed by atoms with van der Waals surface area (Å²) < 4.78 is 38.4. The van der Waals surface area contributed by atoms with Gasteiger partial charge in [0.05, 0.1) is 17.8 Å². The van der Waals surface area contributed by atoms with E-state index in [2.05, 4.69) is 10.3 Å². The lowest BCUT2D eigenvalue weighted by molar-refractivity contribution is -0.137. The van der Waals surface area contributed by atoms with E-state index in [9.17, 15) is 18.0 Å². The fourth-order valence-electron chi connectivity index (χ4n) is 1.83. The third-order valence-corrected chi connectivity index (χ3v) is 3.90. The molecule has 1 aliphatic heterocycles. The summed E-state index contributed by atoms with van der Waals surface area (Å²) in [6, 6.07) is 4.13. The van der Waals surface area contributed by atoms with Crippen LogP contribution in [0.2, 0.25) is 0 Å². The summed E-state index contributed by atoms with van der Waals surface area (Å²) in [5.74, 6) is 0. The second-order valence-electron chi connectivity index (χ2n) is 4.49. The fourth-order valence-corrected chi connectivity index (χ4v) is 2.78. The number of aliphatic imine (C=N–C) groups is 1. The first kappa shape index (κ1) is 15.7. The van der Waals surface area contributed by atoms with Gasteiger partial charge in [0.1, 0.15) is 0 Å². The first-order valence-electron chi connectivity index (χ1n) is 6.23. The van der Waals surface area contributed by atoms with E-state index in [1.165, 1.54) is 35.8 Å². The molecule has 1 heterocycles. The maximum absolute atomic E-state index is 12.8. The Kier molecular flexibility index (Phi) is 4.46. The molecule has 1 aromatic carbocycles. The van der Waals surface area contributed by atoms with Gasteiger partial charge >= 0.3 is 12.2 Å². The smallest absolute Gasteiger partial charge is 0.340 e. The Balaban J connectivity index is 2.40. The zero-order valence-electron chi connectivity index (χ0n) is 11.4. The van der Waals surface area contributed by atoms with Gasteiger partial charge in [-0.3, -0.25) is 4.99 Å². The summed E-state index contributed by atoms with van der Waals surface area (Å²) in [5, 5.41) is 3.02. The van der Waals surface area contributed by atoms with Gasteiger partial charge in [-0.15, -0.1) is 0 Å². The predicted octanol–water partition coefficient (Wildman–Crippen LogP) is 3.34. The molecule has 0 saturated carbocycles. The molecule has 0 saturated heterocycles. The van der Waals surface area contributed by atoms with Crippen molar-refractivity contribution in [1.29, 1.82) is 0 Å². The molecule has 0 spiro atoms. The third kappa shape index (κ3) is 3.49. The maximum atomic E-state index is 12.8. The number of nitrogens with zero attached hydrogens (tertiary/aromatic N) is 2. The van der Waals surface area contributed by atoms with Crippen LogP contribution in [0.1, 0.15) is 12.5 Å². The number of anilines is 1. The van der Waals surface area contributed by atoms with Gasteiger partial charge in [0.25, 0.3) is 0 Å². The number of benzene rings is 1. The fraction of sp³-hybridized carbons (Fsp3) is 0.385. The van der Waals surface area contributed by atoms with Gasteiger partial charge in [0, 0.05) is 12.3 Å². The van der Waals surface area contributed by atoms with Crippen LogP contribution in [0, 0.1) is 0 Å². The van der Waals surface area contributed by atoms with Crippen LogP contribution in [0.15, 0.2) is 29.3 Å². The monoisotopic (exact) mass is 317 g/mol. The van der Waals surface area contributed by atoms with Crippen molar-refractivity contribution < 1.29 is 18.0 Å². The van der Waals surface area contributed by atoms with Crippen LogP contribution in [-0.4, -0.2) is 30.0 Å². The molecule has 8 heteroatoms. The first-order valence-corrected chi connectivity index (χ1v) is 7.11. The van der Waals surface area contributed by atoms with E-state index in [0.29, 0.717) is 11.7 Å². The minimum absolute atomic E-state index is 0.143. The number of halogens is 3. The van der Waals surface area contributed by atoms with E-state index >= 15 is 0 Å². The molecule has 21 heavy (non-hydrogen) atoms. The van der Waals surface area contributed by atoms with Gasteiger partial charge < -0.3 is 5.32 Å². The minimum atomic E-state index is -4.46. The standard InChI is InChI=1S/C13H14F3N3OS/c1-8-7-18-12(21-8)19(11(20)17-2)10-5-3-4-9(6-10)13(14,15)16/h3-6,8H,7H2,1-2H3,(H,17,20). The van der Waals surface area contributed by atoms with Crippen LogP contribution in [-0.2, 0) is 6.18 Å². The Bertz CT molecular complexity index is 574. The second kappa shape index (κ2) is 5.97. The molecule has 1 atom stereocenters. The number of urea groups is 1. The maximum Gasteiger partial charge on any atom is 0.416 e. The van der Waals surface area contributed by atoms with Gasteiger partial charge in [0.15, 0.2) is 5.17 Å². The molecule has 0 aliphatic carbocycles. The van der Waals surface area contributed by atoms with Gasteiger partial charge in [-0.25, -0.2) is 9.69 Å². The van der Waals surface area contributed by atoms with Crippen molar-refractivity contribution in [2.75, 3.05) is 18.5 Å². The van der Waals surface area contributed by atoms with Crippen LogP contribution in [0.3, 0.4) is 0 Å². The average Bonchev–Trinajstić information content (AvgIpc) is 2.84. The SMILES string of the molecule is CNC(=O)N(C1=NCC(C)S1)c1cccc(C(F)(F)F)c1. The number of thioether (sulfide) groups is 1. The Labute approximate surface area is 124 Å². The van der Waals surface area contributed by atoms with Crippen molar-refractivity contribution in [1.82, 2.24) is 5.32 Å². The van der Waals surface area contributed by atoms with Crippen molar-refractivity contribution in [3.05, 3.63) is 29.8 Å². The predicted molar refractivity (Wildman–Crippen MR) is 77.7 cm³/mol. The van der Waals surface area contributed by atoms with E-state index in [1.54, 1.807) is 0 Å². The normalized spacial score (nSPS) is 18.3. The van der Waals surface area contributed by atoms with Crippen LogP contribution < -0.4 is 10.2 Å². The summed E-state index contributed by atoms with van der Waals surface area (Å²) >= 11 is 1.36. The Morgan fingerprint density at radius 3 is 2.71 bits per heavy atom. The van der Waals surface area contributed by atoms with Gasteiger partial charge in [-0.2, -0.15) is 13.2 Å². The summed E-state index contributed by atoms with van der Waals surface area (Å²) in [7, 11) is 1.42. The van der Waals surface area contributed by atoms with Crippen LogP contribution >= 0.6 is 11.8 Å². The molecule has 4 nitrogen and oxygen atoms in total. The van der Waals surface area contributed by atoms with Gasteiger partial charge in [0.2, 0.25) is 0 Å². The molecule has 1 aromatic rings. The van der Waals surface area contributed by atoms with Crippen LogP contribution in [0.25, 0.3) is 0 Å². The zero-order valence-corrected chi connectivity index (χ0v) is 12.3. The molecule has 0 radical (unpaired) electrons. The highest BCUT2D eigenvalue weighted by atomic mass is 32.2. The summed E-state index contributed by atoms with van der Waals surface area (Å²) in [4.78, 5) is 17.4. The quantitative estimate of drug-likeness (QED) is 0.863. The Morgan fingerprint density at radius 1 is 1.48 bits per heavy atom. The van der Waals surface area contributed by atoms with Gasteiger partial charge in [-0.05, 0) is 18.2 Å². The van der Waals surface area contributed by atoms with Crippen molar-refractivity contribution in [3.8, 4) is 0 Å². The Hall–Kier alpha value is -1.70. The number of carbonyl (C=O) groups excluding carboxylic acids is 1. The topological polar surface area (TPSA) is 44.7 Å². The van der Waals surface area contributed by atoms with Crippen molar-refractivity contribution in [3.63, 3.8) is 0 Å². The summed E-state index contributed by atoms with van der Waals surface area (Å²) in [6.07, 6.45) is -4.46. The molecule has 0 aromatic heterocycles. The molecule has 114 valence electrons. The molecule has 1 unspecified atom stereocenters. The average molecular weight is 317 g/mol. The number of amidine groups is 1. The Morgan fingerprint density at radius 2 is 2.19 bits per heavy atom. The molecule has 2 rings (SSSR count). The van der Waals surface area contributed by atoms with E-state index in [0.717, 1.165) is 12.1 Å². The lowest BCUT2D eigenvalue weighted by Gasteiger charge is -2.22.